The van der Waals surface area contributed by atoms with Gasteiger partial charge in [0.1, 0.15) is 18.5 Å². The number of hydrogen-bond donors (Lipinski definition) is 3. The highest BCUT2D eigenvalue weighted by atomic mass is 127. The van der Waals surface area contributed by atoms with Crippen molar-refractivity contribution in [1.82, 2.24) is 10.6 Å². The topological polar surface area (TPSA) is 109 Å². The Morgan fingerprint density at radius 3 is 2.62 bits per heavy atom. The van der Waals surface area contributed by atoms with E-state index in [0.29, 0.717) is 24.2 Å². The molecule has 0 spiro atoms. The van der Waals surface area contributed by atoms with Crippen LogP contribution in [0, 0.1) is 10.1 Å². The number of benzene rings is 1. The van der Waals surface area contributed by atoms with E-state index in [1.165, 1.54) is 29.8 Å². The molecule has 0 aliphatic heterocycles. The Balaban J connectivity index is 0.00000420. The standard InChI is InChI=1S/C19H26N4O4S.HI/c1-3-20-19(21-10-14(2)15-8-9-28-13-15)22-11-17(24)12-27-18-6-4-16(5-7-18)23(25)26;/h4-9,13-14,17,24H,3,10-12H2,1-2H3,(H2,20,21,22);1H. The third-order valence-corrected chi connectivity index (χ3v) is 4.68. The number of aliphatic hydroxyl groups excluding tert-OH is 1. The molecular formula is C19H27IN4O4S. The van der Waals surface area contributed by atoms with Gasteiger partial charge < -0.3 is 20.5 Å². The van der Waals surface area contributed by atoms with Crippen molar-refractivity contribution in [2.24, 2.45) is 4.99 Å². The number of aliphatic imine (C=N–C) groups is 1. The molecule has 0 fully saturated rings. The normalized spacial score (nSPS) is 13.1. The van der Waals surface area contributed by atoms with Crippen LogP contribution in [0.5, 0.6) is 5.75 Å². The van der Waals surface area contributed by atoms with Gasteiger partial charge in [0.2, 0.25) is 0 Å². The lowest BCUT2D eigenvalue weighted by Gasteiger charge is -2.16. The maximum Gasteiger partial charge on any atom is 0.269 e. The molecule has 160 valence electrons. The second-order valence-electron chi connectivity index (χ2n) is 6.27. The van der Waals surface area contributed by atoms with E-state index in [1.807, 2.05) is 6.92 Å². The molecule has 1 aromatic carbocycles. The molecule has 0 radical (unpaired) electrons. The maximum absolute atomic E-state index is 10.6. The fraction of sp³-hybridized carbons (Fsp3) is 0.421. The van der Waals surface area contributed by atoms with Gasteiger partial charge in [-0.15, -0.1) is 24.0 Å². The van der Waals surface area contributed by atoms with E-state index in [-0.39, 0.29) is 42.8 Å². The lowest BCUT2D eigenvalue weighted by molar-refractivity contribution is -0.384. The molecular weight excluding hydrogens is 507 g/mol. The number of ether oxygens (including phenoxy) is 1. The smallest absolute Gasteiger partial charge is 0.269 e. The molecule has 2 rings (SSSR count). The Hall–Kier alpha value is -1.92. The van der Waals surface area contributed by atoms with Crippen LogP contribution in [-0.4, -0.2) is 48.3 Å². The van der Waals surface area contributed by atoms with Gasteiger partial charge in [0.05, 0.1) is 11.5 Å². The number of guanidine groups is 1. The minimum atomic E-state index is -0.792. The molecule has 0 saturated heterocycles. The van der Waals surface area contributed by atoms with E-state index in [2.05, 4.69) is 39.4 Å². The molecule has 0 bridgehead atoms. The molecule has 0 saturated carbocycles. The number of nitrogens with zero attached hydrogens (tertiary/aromatic N) is 2. The molecule has 1 aromatic heterocycles. The summed E-state index contributed by atoms with van der Waals surface area (Å²) in [5.41, 5.74) is 1.28. The Kier molecular flexibility index (Phi) is 11.5. The van der Waals surface area contributed by atoms with E-state index in [1.54, 1.807) is 11.3 Å². The summed E-state index contributed by atoms with van der Waals surface area (Å²) < 4.78 is 5.46. The monoisotopic (exact) mass is 534 g/mol. The SMILES string of the molecule is CCNC(=NCC(O)COc1ccc([N+](=O)[O-])cc1)NCC(C)c1ccsc1.I. The highest BCUT2D eigenvalue weighted by molar-refractivity contribution is 14.0. The fourth-order valence-electron chi connectivity index (χ4n) is 2.37. The van der Waals surface area contributed by atoms with Crippen LogP contribution >= 0.6 is 35.3 Å². The number of nitro groups is 1. The second kappa shape index (κ2) is 13.3. The molecule has 2 unspecified atom stereocenters. The largest absolute Gasteiger partial charge is 0.491 e. The summed E-state index contributed by atoms with van der Waals surface area (Å²) in [4.78, 5) is 14.6. The molecule has 0 aliphatic carbocycles. The van der Waals surface area contributed by atoms with Crippen molar-refractivity contribution in [1.29, 1.82) is 0 Å². The predicted octanol–water partition coefficient (Wildman–Crippen LogP) is 3.37. The average molecular weight is 534 g/mol. The summed E-state index contributed by atoms with van der Waals surface area (Å²) >= 11 is 1.68. The number of nitrogens with one attached hydrogen (secondary N) is 2. The highest BCUT2D eigenvalue weighted by Crippen LogP contribution is 2.18. The van der Waals surface area contributed by atoms with E-state index in [0.717, 1.165) is 6.54 Å². The lowest BCUT2D eigenvalue weighted by atomic mass is 10.1. The van der Waals surface area contributed by atoms with Crippen molar-refractivity contribution in [3.63, 3.8) is 0 Å². The van der Waals surface area contributed by atoms with E-state index in [9.17, 15) is 15.2 Å². The van der Waals surface area contributed by atoms with Crippen LogP contribution in [0.2, 0.25) is 0 Å². The second-order valence-corrected chi connectivity index (χ2v) is 7.05. The number of nitro benzene ring substituents is 1. The maximum atomic E-state index is 10.6. The molecule has 1 heterocycles. The summed E-state index contributed by atoms with van der Waals surface area (Å²) in [6.45, 7) is 5.80. The first-order chi connectivity index (χ1) is 13.5. The highest BCUT2D eigenvalue weighted by Gasteiger charge is 2.10. The van der Waals surface area contributed by atoms with E-state index >= 15 is 0 Å². The van der Waals surface area contributed by atoms with Crippen molar-refractivity contribution in [3.05, 3.63) is 56.8 Å². The summed E-state index contributed by atoms with van der Waals surface area (Å²) in [7, 11) is 0. The van der Waals surface area contributed by atoms with Crippen LogP contribution in [0.25, 0.3) is 0 Å². The van der Waals surface area contributed by atoms with Gasteiger partial charge in [-0.3, -0.25) is 15.1 Å². The molecule has 0 amide bonds. The molecule has 29 heavy (non-hydrogen) atoms. The molecule has 8 nitrogen and oxygen atoms in total. The molecule has 10 heteroatoms. The van der Waals surface area contributed by atoms with Gasteiger partial charge >= 0.3 is 0 Å². The van der Waals surface area contributed by atoms with Gasteiger partial charge in [-0.2, -0.15) is 11.3 Å². The number of rotatable bonds is 10. The number of halogens is 1. The predicted molar refractivity (Wildman–Crippen MR) is 127 cm³/mol. The van der Waals surface area contributed by atoms with Crippen LogP contribution in [-0.2, 0) is 0 Å². The molecule has 2 aromatic rings. The Morgan fingerprint density at radius 2 is 2.03 bits per heavy atom. The third-order valence-electron chi connectivity index (χ3n) is 3.98. The zero-order valence-electron chi connectivity index (χ0n) is 16.4. The van der Waals surface area contributed by atoms with Crippen LogP contribution in [0.15, 0.2) is 46.1 Å². The number of aliphatic hydroxyl groups is 1. The molecule has 3 N–H and O–H groups in total. The minimum Gasteiger partial charge on any atom is -0.491 e. The van der Waals surface area contributed by atoms with Gasteiger partial charge in [0.15, 0.2) is 5.96 Å². The minimum absolute atomic E-state index is 0. The van der Waals surface area contributed by atoms with E-state index < -0.39 is 11.0 Å². The Morgan fingerprint density at radius 1 is 1.31 bits per heavy atom. The number of non-ortho nitro benzene ring substituents is 1. The van der Waals surface area contributed by atoms with Crippen LogP contribution in [0.1, 0.15) is 25.3 Å². The van der Waals surface area contributed by atoms with Gasteiger partial charge in [-0.05, 0) is 47.4 Å². The van der Waals surface area contributed by atoms with Crippen LogP contribution < -0.4 is 15.4 Å². The van der Waals surface area contributed by atoms with Crippen LogP contribution in [0.3, 0.4) is 0 Å². The van der Waals surface area contributed by atoms with Gasteiger partial charge in [-0.1, -0.05) is 6.92 Å². The van der Waals surface area contributed by atoms with Crippen LogP contribution in [0.4, 0.5) is 5.69 Å². The quantitative estimate of drug-likeness (QED) is 0.142. The molecule has 2 atom stereocenters. The van der Waals surface area contributed by atoms with Crippen molar-refractivity contribution < 1.29 is 14.8 Å². The average Bonchev–Trinajstić information content (AvgIpc) is 3.23. The Labute approximate surface area is 191 Å². The lowest BCUT2D eigenvalue weighted by Crippen LogP contribution is -2.39. The summed E-state index contributed by atoms with van der Waals surface area (Å²) in [6, 6.07) is 7.85. The first-order valence-corrected chi connectivity index (χ1v) is 10.0. The van der Waals surface area contributed by atoms with Crippen molar-refractivity contribution in [2.45, 2.75) is 25.9 Å². The van der Waals surface area contributed by atoms with Crippen molar-refractivity contribution in [3.8, 4) is 5.75 Å². The first kappa shape index (κ1) is 25.1. The van der Waals surface area contributed by atoms with Gasteiger partial charge in [0, 0.05) is 25.2 Å². The van der Waals surface area contributed by atoms with Crippen molar-refractivity contribution in [2.75, 3.05) is 26.2 Å². The molecule has 0 aliphatic rings. The first-order valence-electron chi connectivity index (χ1n) is 9.09. The number of thiophene rings is 1. The Bertz CT molecular complexity index is 756. The van der Waals surface area contributed by atoms with E-state index in [4.69, 9.17) is 4.74 Å². The van der Waals surface area contributed by atoms with Gasteiger partial charge in [0.25, 0.3) is 5.69 Å². The fourth-order valence-corrected chi connectivity index (χ4v) is 3.15. The summed E-state index contributed by atoms with van der Waals surface area (Å²) in [5.74, 6) is 1.45. The van der Waals surface area contributed by atoms with Crippen molar-refractivity contribution >= 4 is 47.0 Å². The summed E-state index contributed by atoms with van der Waals surface area (Å²) in [6.07, 6.45) is -0.792. The number of hydrogen-bond acceptors (Lipinski definition) is 6. The zero-order chi connectivity index (χ0) is 20.4. The zero-order valence-corrected chi connectivity index (χ0v) is 19.6. The summed E-state index contributed by atoms with van der Waals surface area (Å²) in [5, 5.41) is 31.4. The third kappa shape index (κ3) is 8.96. The van der Waals surface area contributed by atoms with Gasteiger partial charge in [-0.25, -0.2) is 0 Å².